The highest BCUT2D eigenvalue weighted by Gasteiger charge is 2.21. The molecule has 2 aromatic rings. The summed E-state index contributed by atoms with van der Waals surface area (Å²) in [4.78, 5) is 17.2. The van der Waals surface area contributed by atoms with E-state index in [0.717, 1.165) is 29.4 Å². The van der Waals surface area contributed by atoms with Gasteiger partial charge in [0.2, 0.25) is 0 Å². The van der Waals surface area contributed by atoms with Crippen LogP contribution in [0.4, 0.5) is 10.5 Å². The van der Waals surface area contributed by atoms with E-state index in [1.54, 1.807) is 11.1 Å². The molecular weight excluding hydrogens is 288 g/mol. The largest absolute Gasteiger partial charge is 0.380 e. The first-order valence-corrected chi connectivity index (χ1v) is 7.36. The van der Waals surface area contributed by atoms with E-state index in [1.165, 1.54) is 0 Å². The maximum atomic E-state index is 11.1. The molecule has 0 bridgehead atoms. The number of nitrogens with two attached hydrogens (primary N) is 1. The number of fused-ring (bicyclic) bond motifs is 1. The Labute approximate surface area is 128 Å². The summed E-state index contributed by atoms with van der Waals surface area (Å²) in [6, 6.07) is 7.65. The number of aromatic nitrogens is 1. The molecule has 1 fully saturated rings. The highest BCUT2D eigenvalue weighted by molar-refractivity contribution is 6.31. The number of likely N-dealkylation sites (tertiary alicyclic amines) is 1. The van der Waals surface area contributed by atoms with Gasteiger partial charge in [0.05, 0.1) is 11.2 Å². The highest BCUT2D eigenvalue weighted by atomic mass is 35.5. The van der Waals surface area contributed by atoms with E-state index >= 15 is 0 Å². The topological polar surface area (TPSA) is 71.2 Å². The Morgan fingerprint density at radius 2 is 2.14 bits per heavy atom. The van der Waals surface area contributed by atoms with Crippen LogP contribution in [0.3, 0.4) is 0 Å². The molecule has 0 atom stereocenters. The number of hydrogen-bond acceptors (Lipinski definition) is 3. The van der Waals surface area contributed by atoms with E-state index in [-0.39, 0.29) is 6.03 Å². The maximum Gasteiger partial charge on any atom is 0.314 e. The lowest BCUT2D eigenvalue weighted by Gasteiger charge is -2.31. The third kappa shape index (κ3) is 3.03. The monoisotopic (exact) mass is 304 g/mol. The molecule has 1 aliphatic heterocycles. The van der Waals surface area contributed by atoms with Gasteiger partial charge in [0.15, 0.2) is 0 Å². The van der Waals surface area contributed by atoms with Crippen LogP contribution in [-0.4, -0.2) is 35.0 Å². The van der Waals surface area contributed by atoms with E-state index in [4.69, 9.17) is 17.3 Å². The summed E-state index contributed by atoms with van der Waals surface area (Å²) < 4.78 is 0. The molecule has 0 saturated carbocycles. The number of carbonyl (C=O) groups excluding carboxylic acids is 1. The quantitative estimate of drug-likeness (QED) is 0.896. The van der Waals surface area contributed by atoms with Gasteiger partial charge in [-0.3, -0.25) is 4.98 Å². The van der Waals surface area contributed by atoms with Crippen LogP contribution >= 0.6 is 11.6 Å². The first kappa shape index (κ1) is 13.9. The lowest BCUT2D eigenvalue weighted by atomic mass is 10.0. The normalized spacial score (nSPS) is 16.1. The minimum atomic E-state index is -0.344. The summed E-state index contributed by atoms with van der Waals surface area (Å²) in [6.45, 7) is 1.36. The maximum absolute atomic E-state index is 11.1. The zero-order chi connectivity index (χ0) is 14.8. The second-order valence-electron chi connectivity index (χ2n) is 5.27. The smallest absolute Gasteiger partial charge is 0.314 e. The van der Waals surface area contributed by atoms with Crippen molar-refractivity contribution in [1.82, 2.24) is 9.88 Å². The van der Waals surface area contributed by atoms with Crippen LogP contribution in [-0.2, 0) is 0 Å². The van der Waals surface area contributed by atoms with Crippen LogP contribution in [0.25, 0.3) is 10.9 Å². The first-order chi connectivity index (χ1) is 10.1. The van der Waals surface area contributed by atoms with Crippen molar-refractivity contribution >= 4 is 34.2 Å². The van der Waals surface area contributed by atoms with Gasteiger partial charge in [-0.15, -0.1) is 0 Å². The zero-order valence-corrected chi connectivity index (χ0v) is 12.3. The van der Waals surface area contributed by atoms with E-state index < -0.39 is 0 Å². The van der Waals surface area contributed by atoms with Gasteiger partial charge in [-0.05, 0) is 31.0 Å². The number of carbonyl (C=O) groups is 1. The molecule has 110 valence electrons. The summed E-state index contributed by atoms with van der Waals surface area (Å²) in [5.41, 5.74) is 7.15. The summed E-state index contributed by atoms with van der Waals surface area (Å²) in [5.74, 6) is 0. The lowest BCUT2D eigenvalue weighted by Crippen LogP contribution is -2.44. The number of pyridine rings is 1. The van der Waals surface area contributed by atoms with Crippen molar-refractivity contribution in [2.45, 2.75) is 18.9 Å². The van der Waals surface area contributed by atoms with Gasteiger partial charge in [-0.1, -0.05) is 17.7 Å². The number of benzene rings is 1. The minimum Gasteiger partial charge on any atom is -0.380 e. The molecule has 21 heavy (non-hydrogen) atoms. The van der Waals surface area contributed by atoms with Gasteiger partial charge in [0, 0.05) is 35.7 Å². The number of nitrogens with one attached hydrogen (secondary N) is 1. The summed E-state index contributed by atoms with van der Waals surface area (Å²) >= 11 is 6.17. The average molecular weight is 305 g/mol. The van der Waals surface area contributed by atoms with Gasteiger partial charge < -0.3 is 16.0 Å². The van der Waals surface area contributed by atoms with Gasteiger partial charge >= 0.3 is 6.03 Å². The van der Waals surface area contributed by atoms with Crippen molar-refractivity contribution in [2.75, 3.05) is 18.4 Å². The Bertz CT molecular complexity index is 668. The van der Waals surface area contributed by atoms with Crippen LogP contribution in [0.1, 0.15) is 12.8 Å². The van der Waals surface area contributed by atoms with Crippen LogP contribution in [0.2, 0.25) is 5.02 Å². The molecule has 0 aliphatic carbocycles. The molecule has 0 unspecified atom stereocenters. The fourth-order valence-corrected chi connectivity index (χ4v) is 2.96. The van der Waals surface area contributed by atoms with E-state index in [1.807, 2.05) is 24.3 Å². The Morgan fingerprint density at radius 3 is 2.86 bits per heavy atom. The fraction of sp³-hybridized carbons (Fsp3) is 0.333. The van der Waals surface area contributed by atoms with Gasteiger partial charge in [-0.2, -0.15) is 0 Å². The number of urea groups is 1. The highest BCUT2D eigenvalue weighted by Crippen LogP contribution is 2.28. The first-order valence-electron chi connectivity index (χ1n) is 6.98. The van der Waals surface area contributed by atoms with Crippen LogP contribution in [0.5, 0.6) is 0 Å². The minimum absolute atomic E-state index is 0.296. The molecule has 6 heteroatoms. The summed E-state index contributed by atoms with van der Waals surface area (Å²) in [7, 11) is 0. The van der Waals surface area contributed by atoms with Gasteiger partial charge in [0.1, 0.15) is 0 Å². The second kappa shape index (κ2) is 5.77. The molecule has 5 nitrogen and oxygen atoms in total. The summed E-state index contributed by atoms with van der Waals surface area (Å²) in [6.07, 6.45) is 3.50. The molecule has 1 aromatic carbocycles. The zero-order valence-electron chi connectivity index (χ0n) is 11.6. The standard InChI is InChI=1S/C15H17ClN4O/c16-11-8-10-2-1-5-18-14(10)13(9-11)19-12-3-6-20(7-4-12)15(17)21/h1-2,5,8-9,12,19H,3-4,6-7H2,(H2,17,21). The van der Waals surface area contributed by atoms with E-state index in [2.05, 4.69) is 10.3 Å². The number of primary amides is 1. The molecule has 2 amide bonds. The molecule has 1 aliphatic rings. The number of anilines is 1. The molecule has 3 N–H and O–H groups in total. The van der Waals surface area contributed by atoms with Crippen LogP contribution in [0.15, 0.2) is 30.5 Å². The number of piperidine rings is 1. The molecule has 0 spiro atoms. The summed E-state index contributed by atoms with van der Waals surface area (Å²) in [5, 5.41) is 5.20. The van der Waals surface area contributed by atoms with Crippen molar-refractivity contribution in [3.63, 3.8) is 0 Å². The molecular formula is C15H17ClN4O. The Hall–Kier alpha value is -2.01. The number of hydrogen-bond donors (Lipinski definition) is 2. The number of rotatable bonds is 2. The number of nitrogens with zero attached hydrogens (tertiary/aromatic N) is 2. The Kier molecular flexibility index (Phi) is 3.84. The molecule has 1 saturated heterocycles. The van der Waals surface area contributed by atoms with Crippen LogP contribution < -0.4 is 11.1 Å². The van der Waals surface area contributed by atoms with Crippen LogP contribution in [0, 0.1) is 0 Å². The Morgan fingerprint density at radius 1 is 1.38 bits per heavy atom. The van der Waals surface area contributed by atoms with E-state index in [0.29, 0.717) is 24.2 Å². The SMILES string of the molecule is NC(=O)N1CCC(Nc2cc(Cl)cc3cccnc23)CC1. The second-order valence-corrected chi connectivity index (χ2v) is 5.71. The predicted molar refractivity (Wildman–Crippen MR) is 84.6 cm³/mol. The third-order valence-corrected chi connectivity index (χ3v) is 4.05. The molecule has 2 heterocycles. The van der Waals surface area contributed by atoms with Crippen molar-refractivity contribution < 1.29 is 4.79 Å². The predicted octanol–water partition coefficient (Wildman–Crippen LogP) is 2.84. The molecule has 1 aromatic heterocycles. The van der Waals surface area contributed by atoms with Crippen molar-refractivity contribution in [1.29, 1.82) is 0 Å². The third-order valence-electron chi connectivity index (χ3n) is 3.84. The van der Waals surface area contributed by atoms with Crippen molar-refractivity contribution in [3.05, 3.63) is 35.5 Å². The Balaban J connectivity index is 1.78. The average Bonchev–Trinajstić information content (AvgIpc) is 2.47. The molecule has 3 rings (SSSR count). The fourth-order valence-electron chi connectivity index (χ4n) is 2.73. The molecule has 0 radical (unpaired) electrons. The van der Waals surface area contributed by atoms with Crippen molar-refractivity contribution in [3.8, 4) is 0 Å². The van der Waals surface area contributed by atoms with Crippen molar-refractivity contribution in [2.24, 2.45) is 5.73 Å². The van der Waals surface area contributed by atoms with E-state index in [9.17, 15) is 4.79 Å². The van der Waals surface area contributed by atoms with Gasteiger partial charge in [-0.25, -0.2) is 4.79 Å². The van der Waals surface area contributed by atoms with Gasteiger partial charge in [0.25, 0.3) is 0 Å². The number of amides is 2. The lowest BCUT2D eigenvalue weighted by molar-refractivity contribution is 0.193. The number of halogens is 1.